The number of amides is 2. The molecule has 2 amide bonds. The van der Waals surface area contributed by atoms with E-state index in [4.69, 9.17) is 17.3 Å². The monoisotopic (exact) mass is 344 g/mol. The lowest BCUT2D eigenvalue weighted by atomic mass is 10.1. The highest BCUT2D eigenvalue weighted by Gasteiger charge is 2.25. The largest absolute Gasteiger partial charge is 0.365 e. The number of pyridine rings is 1. The van der Waals surface area contributed by atoms with Crippen LogP contribution in [-0.2, 0) is 0 Å². The fraction of sp³-hybridized carbons (Fsp3) is 0.235. The van der Waals surface area contributed by atoms with Gasteiger partial charge in [0.15, 0.2) is 0 Å². The molecule has 1 aliphatic heterocycles. The second-order valence-electron chi connectivity index (χ2n) is 5.53. The summed E-state index contributed by atoms with van der Waals surface area (Å²) in [6.45, 7) is 2.26. The maximum absolute atomic E-state index is 12.5. The molecule has 2 heterocycles. The summed E-state index contributed by atoms with van der Waals surface area (Å²) in [4.78, 5) is 32.1. The molecular weight excluding hydrogens is 328 g/mol. The summed E-state index contributed by atoms with van der Waals surface area (Å²) in [6, 6.07) is 10.3. The van der Waals surface area contributed by atoms with Gasteiger partial charge in [0.1, 0.15) is 5.82 Å². The molecule has 0 atom stereocenters. The number of primary amides is 1. The minimum absolute atomic E-state index is 0.0479. The van der Waals surface area contributed by atoms with E-state index in [2.05, 4.69) is 4.98 Å². The third-order valence-electron chi connectivity index (χ3n) is 3.99. The average Bonchev–Trinajstić information content (AvgIpc) is 2.61. The van der Waals surface area contributed by atoms with Crippen molar-refractivity contribution < 1.29 is 9.59 Å². The number of anilines is 1. The summed E-state index contributed by atoms with van der Waals surface area (Å²) in [6.07, 6.45) is 1.63. The second kappa shape index (κ2) is 6.88. The minimum Gasteiger partial charge on any atom is -0.365 e. The molecule has 24 heavy (non-hydrogen) atoms. The van der Waals surface area contributed by atoms with Gasteiger partial charge >= 0.3 is 0 Å². The third kappa shape index (κ3) is 3.33. The topological polar surface area (TPSA) is 79.5 Å². The third-order valence-corrected chi connectivity index (χ3v) is 4.23. The van der Waals surface area contributed by atoms with Crippen LogP contribution in [0.3, 0.4) is 0 Å². The van der Waals surface area contributed by atoms with Crippen molar-refractivity contribution in [3.05, 3.63) is 58.7 Å². The predicted octanol–water partition coefficient (Wildman–Crippen LogP) is 1.80. The number of hydrogen-bond acceptors (Lipinski definition) is 4. The molecule has 0 unspecified atom stereocenters. The van der Waals surface area contributed by atoms with E-state index in [9.17, 15) is 9.59 Å². The van der Waals surface area contributed by atoms with E-state index in [1.165, 1.54) is 0 Å². The van der Waals surface area contributed by atoms with Crippen LogP contribution in [0.15, 0.2) is 42.6 Å². The molecule has 1 aromatic heterocycles. The SMILES string of the molecule is NC(=O)c1cccnc1N1CCN(C(=O)c2cccc(Cl)c2)CC1. The van der Waals surface area contributed by atoms with Crippen molar-refractivity contribution in [3.63, 3.8) is 0 Å². The Morgan fingerprint density at radius 2 is 1.83 bits per heavy atom. The standard InChI is InChI=1S/C17H17ClN4O2/c18-13-4-1-3-12(11-13)17(24)22-9-7-21(8-10-22)16-14(15(19)23)5-2-6-20-16/h1-6,11H,7-10H2,(H2,19,23). The molecule has 2 aromatic rings. The van der Waals surface area contributed by atoms with Gasteiger partial charge in [-0.15, -0.1) is 0 Å². The highest BCUT2D eigenvalue weighted by Crippen LogP contribution is 2.20. The number of hydrogen-bond donors (Lipinski definition) is 1. The van der Waals surface area contributed by atoms with Gasteiger partial charge in [0.05, 0.1) is 5.56 Å². The van der Waals surface area contributed by atoms with Crippen molar-refractivity contribution in [2.24, 2.45) is 5.73 Å². The summed E-state index contributed by atoms with van der Waals surface area (Å²) in [5, 5.41) is 0.541. The maximum atomic E-state index is 12.5. The van der Waals surface area contributed by atoms with Crippen LogP contribution in [0.2, 0.25) is 5.02 Å². The van der Waals surface area contributed by atoms with E-state index >= 15 is 0 Å². The first kappa shape index (κ1) is 16.3. The maximum Gasteiger partial charge on any atom is 0.254 e. The van der Waals surface area contributed by atoms with E-state index in [0.29, 0.717) is 48.1 Å². The fourth-order valence-corrected chi connectivity index (χ4v) is 2.96. The van der Waals surface area contributed by atoms with Crippen molar-refractivity contribution in [3.8, 4) is 0 Å². The van der Waals surface area contributed by atoms with E-state index in [0.717, 1.165) is 0 Å². The number of halogens is 1. The second-order valence-corrected chi connectivity index (χ2v) is 5.96. The molecule has 7 heteroatoms. The molecule has 2 N–H and O–H groups in total. The number of aromatic nitrogens is 1. The highest BCUT2D eigenvalue weighted by molar-refractivity contribution is 6.30. The minimum atomic E-state index is -0.504. The Morgan fingerprint density at radius 3 is 2.50 bits per heavy atom. The van der Waals surface area contributed by atoms with Crippen LogP contribution in [0.1, 0.15) is 20.7 Å². The molecular formula is C17H17ClN4O2. The van der Waals surface area contributed by atoms with E-state index in [1.807, 2.05) is 4.90 Å². The summed E-state index contributed by atoms with van der Waals surface area (Å²) < 4.78 is 0. The number of benzene rings is 1. The van der Waals surface area contributed by atoms with E-state index in [1.54, 1.807) is 47.5 Å². The Hall–Kier alpha value is -2.60. The Morgan fingerprint density at radius 1 is 1.08 bits per heavy atom. The summed E-state index contributed by atoms with van der Waals surface area (Å²) in [5.41, 5.74) is 6.38. The molecule has 3 rings (SSSR count). The van der Waals surface area contributed by atoms with Gasteiger partial charge in [0.25, 0.3) is 11.8 Å². The van der Waals surface area contributed by atoms with E-state index < -0.39 is 5.91 Å². The normalized spacial score (nSPS) is 14.5. The molecule has 0 spiro atoms. The molecule has 1 fully saturated rings. The zero-order chi connectivity index (χ0) is 17.1. The Labute approximate surface area is 144 Å². The number of nitrogens with two attached hydrogens (primary N) is 1. The number of rotatable bonds is 3. The van der Waals surface area contributed by atoms with Gasteiger partial charge < -0.3 is 15.5 Å². The van der Waals surface area contributed by atoms with Gasteiger partial charge in [-0.3, -0.25) is 9.59 Å². The number of piperazine rings is 1. The Bertz CT molecular complexity index is 773. The van der Waals surface area contributed by atoms with Crippen molar-refractivity contribution in [2.75, 3.05) is 31.1 Å². The number of nitrogens with zero attached hydrogens (tertiary/aromatic N) is 3. The molecule has 1 aliphatic rings. The molecule has 1 aromatic carbocycles. The van der Waals surface area contributed by atoms with Gasteiger partial charge in [-0.05, 0) is 30.3 Å². The Balaban J connectivity index is 1.70. The zero-order valence-electron chi connectivity index (χ0n) is 13.0. The molecule has 6 nitrogen and oxygen atoms in total. The van der Waals surface area contributed by atoms with Crippen LogP contribution in [0, 0.1) is 0 Å². The number of carbonyl (C=O) groups is 2. The quantitative estimate of drug-likeness (QED) is 0.920. The van der Waals surface area contributed by atoms with Gasteiger partial charge in [-0.2, -0.15) is 0 Å². The molecule has 124 valence electrons. The first-order chi connectivity index (χ1) is 11.6. The van der Waals surface area contributed by atoms with Gasteiger partial charge in [0.2, 0.25) is 0 Å². The molecule has 0 saturated carbocycles. The van der Waals surface area contributed by atoms with Crippen LogP contribution in [0.25, 0.3) is 0 Å². The molecule has 0 aliphatic carbocycles. The lowest BCUT2D eigenvalue weighted by Crippen LogP contribution is -2.49. The van der Waals surface area contributed by atoms with Crippen LogP contribution < -0.4 is 10.6 Å². The lowest BCUT2D eigenvalue weighted by Gasteiger charge is -2.36. The van der Waals surface area contributed by atoms with Crippen LogP contribution in [0.4, 0.5) is 5.82 Å². The predicted molar refractivity (Wildman–Crippen MR) is 92.3 cm³/mol. The smallest absolute Gasteiger partial charge is 0.254 e. The lowest BCUT2D eigenvalue weighted by molar-refractivity contribution is 0.0746. The van der Waals surface area contributed by atoms with Crippen molar-refractivity contribution in [2.45, 2.75) is 0 Å². The average molecular weight is 345 g/mol. The molecule has 0 radical (unpaired) electrons. The van der Waals surface area contributed by atoms with Crippen LogP contribution in [0.5, 0.6) is 0 Å². The van der Waals surface area contributed by atoms with Crippen molar-refractivity contribution >= 4 is 29.2 Å². The van der Waals surface area contributed by atoms with Gasteiger partial charge in [-0.1, -0.05) is 17.7 Å². The highest BCUT2D eigenvalue weighted by atomic mass is 35.5. The first-order valence-electron chi connectivity index (χ1n) is 7.61. The van der Waals surface area contributed by atoms with Crippen molar-refractivity contribution in [1.29, 1.82) is 0 Å². The van der Waals surface area contributed by atoms with E-state index in [-0.39, 0.29) is 5.91 Å². The van der Waals surface area contributed by atoms with Gasteiger partial charge in [-0.25, -0.2) is 4.98 Å². The van der Waals surface area contributed by atoms with Gasteiger partial charge in [0, 0.05) is 43.0 Å². The molecule has 1 saturated heterocycles. The first-order valence-corrected chi connectivity index (χ1v) is 7.98. The summed E-state index contributed by atoms with van der Waals surface area (Å²) in [5.74, 6) is 0.0173. The fourth-order valence-electron chi connectivity index (χ4n) is 2.77. The zero-order valence-corrected chi connectivity index (χ0v) is 13.7. The Kier molecular flexibility index (Phi) is 4.66. The summed E-state index contributed by atoms with van der Waals surface area (Å²) >= 11 is 5.95. The number of carbonyl (C=O) groups excluding carboxylic acids is 2. The van der Waals surface area contributed by atoms with Crippen molar-refractivity contribution in [1.82, 2.24) is 9.88 Å². The van der Waals surface area contributed by atoms with Crippen LogP contribution >= 0.6 is 11.6 Å². The summed E-state index contributed by atoms with van der Waals surface area (Å²) in [7, 11) is 0. The van der Waals surface area contributed by atoms with Crippen LogP contribution in [-0.4, -0.2) is 47.9 Å². The molecule has 0 bridgehead atoms.